The van der Waals surface area contributed by atoms with Crippen molar-refractivity contribution in [3.05, 3.63) is 83.9 Å². The molecule has 0 bridgehead atoms. The molecule has 0 atom stereocenters. The van der Waals surface area contributed by atoms with Crippen LogP contribution in [-0.4, -0.2) is 63.9 Å². The zero-order valence-corrected chi connectivity index (χ0v) is 20.5. The second kappa shape index (κ2) is 10.8. The Labute approximate surface area is 205 Å². The highest BCUT2D eigenvalue weighted by atomic mass is 32.2. The number of rotatable bonds is 8. The maximum atomic E-state index is 13.3. The first-order chi connectivity index (χ1) is 16.9. The molecular weight excluding hydrogens is 468 g/mol. The molecule has 0 N–H and O–H groups in total. The Morgan fingerprint density at radius 2 is 1.51 bits per heavy atom. The second-order valence-electron chi connectivity index (χ2n) is 7.97. The van der Waals surface area contributed by atoms with Crippen LogP contribution in [0.5, 0.6) is 17.2 Å². The summed E-state index contributed by atoms with van der Waals surface area (Å²) in [6, 6.07) is 21.4. The van der Waals surface area contributed by atoms with Gasteiger partial charge in [0.1, 0.15) is 28.8 Å². The average molecular weight is 497 g/mol. The monoisotopic (exact) mass is 496 g/mol. The van der Waals surface area contributed by atoms with Gasteiger partial charge in [0.05, 0.1) is 14.2 Å². The molecule has 3 aromatic carbocycles. The van der Waals surface area contributed by atoms with Gasteiger partial charge in [-0.05, 0) is 30.3 Å². The number of benzene rings is 3. The highest BCUT2D eigenvalue weighted by molar-refractivity contribution is 7.89. The van der Waals surface area contributed by atoms with Crippen LogP contribution in [0.15, 0.2) is 77.7 Å². The van der Waals surface area contributed by atoms with Gasteiger partial charge in [-0.1, -0.05) is 36.4 Å². The van der Waals surface area contributed by atoms with Gasteiger partial charge in [-0.25, -0.2) is 8.42 Å². The van der Waals surface area contributed by atoms with Gasteiger partial charge < -0.3 is 19.1 Å². The quantitative estimate of drug-likeness (QED) is 0.475. The van der Waals surface area contributed by atoms with Crippen molar-refractivity contribution in [3.8, 4) is 17.2 Å². The molecule has 184 valence electrons. The van der Waals surface area contributed by atoms with Gasteiger partial charge in [0, 0.05) is 43.4 Å². The van der Waals surface area contributed by atoms with Crippen molar-refractivity contribution < 1.29 is 27.4 Å². The lowest BCUT2D eigenvalue weighted by atomic mass is 10.1. The largest absolute Gasteiger partial charge is 0.497 e. The highest BCUT2D eigenvalue weighted by Gasteiger charge is 2.33. The molecule has 1 heterocycles. The lowest BCUT2D eigenvalue weighted by Gasteiger charge is -2.34. The van der Waals surface area contributed by atoms with Crippen molar-refractivity contribution in [2.45, 2.75) is 11.5 Å². The van der Waals surface area contributed by atoms with Gasteiger partial charge in [0.25, 0.3) is 5.91 Å². The summed E-state index contributed by atoms with van der Waals surface area (Å²) in [6.07, 6.45) is 0. The topological polar surface area (TPSA) is 85.4 Å². The molecule has 1 aliphatic rings. The van der Waals surface area contributed by atoms with E-state index in [1.807, 2.05) is 48.5 Å². The number of carbonyl (C=O) groups is 1. The van der Waals surface area contributed by atoms with Gasteiger partial charge in [0.15, 0.2) is 0 Å². The molecule has 1 saturated heterocycles. The summed E-state index contributed by atoms with van der Waals surface area (Å²) >= 11 is 0. The van der Waals surface area contributed by atoms with Crippen molar-refractivity contribution in [2.24, 2.45) is 0 Å². The molecule has 0 spiro atoms. The fourth-order valence-corrected chi connectivity index (χ4v) is 5.55. The number of amides is 1. The molecule has 0 saturated carbocycles. The van der Waals surface area contributed by atoms with Crippen LogP contribution < -0.4 is 14.2 Å². The minimum Gasteiger partial charge on any atom is -0.497 e. The number of hydrogen-bond donors (Lipinski definition) is 0. The molecule has 35 heavy (non-hydrogen) atoms. The van der Waals surface area contributed by atoms with E-state index in [0.717, 1.165) is 11.3 Å². The first kappa shape index (κ1) is 24.6. The van der Waals surface area contributed by atoms with Crippen LogP contribution in [0, 0.1) is 0 Å². The van der Waals surface area contributed by atoms with Gasteiger partial charge in [-0.2, -0.15) is 4.31 Å². The van der Waals surface area contributed by atoms with Crippen LogP contribution >= 0.6 is 0 Å². The van der Waals surface area contributed by atoms with E-state index in [2.05, 4.69) is 0 Å². The summed E-state index contributed by atoms with van der Waals surface area (Å²) in [6.45, 7) is 1.17. The third-order valence-corrected chi connectivity index (χ3v) is 7.82. The number of piperazine rings is 1. The number of sulfonamides is 1. The van der Waals surface area contributed by atoms with E-state index in [9.17, 15) is 13.2 Å². The Kier molecular flexibility index (Phi) is 7.57. The Morgan fingerprint density at radius 1 is 0.829 bits per heavy atom. The highest BCUT2D eigenvalue weighted by Crippen LogP contribution is 2.31. The molecule has 1 amide bonds. The first-order valence-electron chi connectivity index (χ1n) is 11.2. The normalized spacial score (nSPS) is 14.4. The van der Waals surface area contributed by atoms with Gasteiger partial charge in [-0.15, -0.1) is 0 Å². The molecule has 1 aliphatic heterocycles. The molecule has 0 aliphatic carbocycles. The molecule has 9 heteroatoms. The summed E-state index contributed by atoms with van der Waals surface area (Å²) in [7, 11) is -0.924. The molecule has 1 fully saturated rings. The fourth-order valence-electron chi connectivity index (χ4n) is 3.96. The minimum absolute atomic E-state index is 0.0440. The van der Waals surface area contributed by atoms with Crippen LogP contribution in [0.1, 0.15) is 15.9 Å². The van der Waals surface area contributed by atoms with E-state index >= 15 is 0 Å². The van der Waals surface area contributed by atoms with E-state index in [1.54, 1.807) is 23.1 Å². The number of para-hydroxylation sites is 1. The Bertz CT molecular complexity index is 1270. The maximum Gasteiger partial charge on any atom is 0.254 e. The van der Waals surface area contributed by atoms with E-state index in [4.69, 9.17) is 14.2 Å². The van der Waals surface area contributed by atoms with Crippen LogP contribution in [0.25, 0.3) is 0 Å². The van der Waals surface area contributed by atoms with Crippen molar-refractivity contribution in [3.63, 3.8) is 0 Å². The third-order valence-electron chi connectivity index (χ3n) is 5.90. The molecule has 0 aromatic heterocycles. The van der Waals surface area contributed by atoms with E-state index in [0.29, 0.717) is 11.3 Å². The summed E-state index contributed by atoms with van der Waals surface area (Å²) in [5.74, 6) is 1.25. The minimum atomic E-state index is -3.83. The second-order valence-corrected chi connectivity index (χ2v) is 9.88. The van der Waals surface area contributed by atoms with E-state index in [-0.39, 0.29) is 49.3 Å². The smallest absolute Gasteiger partial charge is 0.254 e. The van der Waals surface area contributed by atoms with Crippen molar-refractivity contribution in [1.82, 2.24) is 9.21 Å². The zero-order chi connectivity index (χ0) is 24.8. The first-order valence-corrected chi connectivity index (χ1v) is 12.6. The maximum absolute atomic E-state index is 13.3. The molecular formula is C26H28N2O6S. The third kappa shape index (κ3) is 5.41. The number of ether oxygens (including phenoxy) is 3. The van der Waals surface area contributed by atoms with E-state index < -0.39 is 10.0 Å². The Morgan fingerprint density at radius 3 is 2.20 bits per heavy atom. The zero-order valence-electron chi connectivity index (χ0n) is 19.7. The van der Waals surface area contributed by atoms with Crippen molar-refractivity contribution >= 4 is 15.9 Å². The van der Waals surface area contributed by atoms with Crippen LogP contribution in [0.3, 0.4) is 0 Å². The Hall–Kier alpha value is -3.56. The number of carbonyl (C=O) groups excluding carboxylic acids is 1. The standard InChI is InChI=1S/C26H28N2O6S/c1-32-22-12-13-24(33-2)25(18-22)35(30,31)28-16-14-27(15-17-28)26(29)23-11-7-6-8-20(23)19-34-21-9-4-3-5-10-21/h3-13,18H,14-17,19H2,1-2H3. The van der Waals surface area contributed by atoms with Crippen molar-refractivity contribution in [1.29, 1.82) is 0 Å². The van der Waals surface area contributed by atoms with Gasteiger partial charge in [0.2, 0.25) is 10.0 Å². The fraction of sp³-hybridized carbons (Fsp3) is 0.269. The summed E-state index contributed by atoms with van der Waals surface area (Å²) in [4.78, 5) is 15.0. The predicted octanol–water partition coefficient (Wildman–Crippen LogP) is 3.43. The SMILES string of the molecule is COc1ccc(OC)c(S(=O)(=O)N2CCN(C(=O)c3ccccc3COc3ccccc3)CC2)c1. The lowest BCUT2D eigenvalue weighted by Crippen LogP contribution is -2.50. The van der Waals surface area contributed by atoms with Crippen LogP contribution in [0.4, 0.5) is 0 Å². The van der Waals surface area contributed by atoms with Crippen molar-refractivity contribution in [2.75, 3.05) is 40.4 Å². The molecule has 4 rings (SSSR count). The summed E-state index contributed by atoms with van der Waals surface area (Å²) in [5, 5.41) is 0. The molecule has 3 aromatic rings. The average Bonchev–Trinajstić information content (AvgIpc) is 2.92. The van der Waals surface area contributed by atoms with Crippen LogP contribution in [-0.2, 0) is 16.6 Å². The molecule has 0 unspecified atom stereocenters. The number of methoxy groups -OCH3 is 2. The summed E-state index contributed by atoms with van der Waals surface area (Å²) < 4.78 is 44.3. The molecule has 0 radical (unpaired) electrons. The Balaban J connectivity index is 1.45. The van der Waals surface area contributed by atoms with Gasteiger partial charge >= 0.3 is 0 Å². The van der Waals surface area contributed by atoms with Gasteiger partial charge in [-0.3, -0.25) is 4.79 Å². The van der Waals surface area contributed by atoms with E-state index in [1.165, 1.54) is 24.6 Å². The summed E-state index contributed by atoms with van der Waals surface area (Å²) in [5.41, 5.74) is 1.33. The number of nitrogens with zero attached hydrogens (tertiary/aromatic N) is 2. The molecule has 8 nitrogen and oxygen atoms in total. The van der Waals surface area contributed by atoms with Crippen LogP contribution in [0.2, 0.25) is 0 Å². The predicted molar refractivity (Wildman–Crippen MR) is 131 cm³/mol. The lowest BCUT2D eigenvalue weighted by molar-refractivity contribution is 0.0695. The number of hydrogen-bond acceptors (Lipinski definition) is 6.